The molecule has 0 spiro atoms. The van der Waals surface area contributed by atoms with E-state index in [1.165, 1.54) is 25.0 Å². The number of anilines is 2. The molecule has 30 heavy (non-hydrogen) atoms. The Morgan fingerprint density at radius 2 is 1.77 bits per heavy atom. The first-order valence-electron chi connectivity index (χ1n) is 10.8. The summed E-state index contributed by atoms with van der Waals surface area (Å²) >= 11 is 0. The van der Waals surface area contributed by atoms with Crippen LogP contribution in [-0.2, 0) is 6.61 Å². The third kappa shape index (κ3) is 5.65. The van der Waals surface area contributed by atoms with Crippen molar-refractivity contribution in [1.29, 1.82) is 0 Å². The third-order valence-corrected chi connectivity index (χ3v) is 5.65. The number of carbonyl (C=O) groups is 1. The van der Waals surface area contributed by atoms with Crippen LogP contribution in [0.2, 0.25) is 0 Å². The van der Waals surface area contributed by atoms with Gasteiger partial charge in [0, 0.05) is 49.7 Å². The van der Waals surface area contributed by atoms with Crippen molar-refractivity contribution < 1.29 is 13.9 Å². The number of nitrogens with one attached hydrogen (secondary N) is 1. The monoisotopic (exact) mass is 413 g/mol. The van der Waals surface area contributed by atoms with Gasteiger partial charge in [-0.15, -0.1) is 0 Å². The highest BCUT2D eigenvalue weighted by Gasteiger charge is 2.17. The van der Waals surface area contributed by atoms with Gasteiger partial charge in [0.1, 0.15) is 18.2 Å². The van der Waals surface area contributed by atoms with E-state index in [2.05, 4.69) is 5.32 Å². The molecule has 5 nitrogen and oxygen atoms in total. The SMILES string of the molecule is CCN(CC)C(=O)N(C)c1ccc(COc2cc(F)cc(NC3CCCC3)c2)cc1. The highest BCUT2D eigenvalue weighted by molar-refractivity contribution is 5.91. The summed E-state index contributed by atoms with van der Waals surface area (Å²) < 4.78 is 19.8. The van der Waals surface area contributed by atoms with Gasteiger partial charge in [0.05, 0.1) is 0 Å². The molecular formula is C24H32FN3O2. The zero-order chi connectivity index (χ0) is 21.5. The molecule has 0 aromatic heterocycles. The van der Waals surface area contributed by atoms with Gasteiger partial charge in [-0.3, -0.25) is 4.90 Å². The minimum atomic E-state index is -0.306. The zero-order valence-corrected chi connectivity index (χ0v) is 18.2. The predicted molar refractivity (Wildman–Crippen MR) is 120 cm³/mol. The van der Waals surface area contributed by atoms with Crippen LogP contribution in [0.25, 0.3) is 0 Å². The molecule has 2 aromatic carbocycles. The highest BCUT2D eigenvalue weighted by Crippen LogP contribution is 2.26. The standard InChI is InChI=1S/C24H32FN3O2/c1-4-28(5-2)24(29)27(3)22-12-10-18(11-13-22)17-30-23-15-19(25)14-21(16-23)26-20-8-6-7-9-20/h10-16,20,26H,4-9,17H2,1-3H3. The summed E-state index contributed by atoms with van der Waals surface area (Å²) in [5.41, 5.74) is 2.55. The zero-order valence-electron chi connectivity index (χ0n) is 18.2. The number of urea groups is 1. The van der Waals surface area contributed by atoms with E-state index < -0.39 is 0 Å². The van der Waals surface area contributed by atoms with E-state index in [-0.39, 0.29) is 11.8 Å². The summed E-state index contributed by atoms with van der Waals surface area (Å²) in [6.07, 6.45) is 4.71. The van der Waals surface area contributed by atoms with Gasteiger partial charge in [0.25, 0.3) is 0 Å². The fourth-order valence-electron chi connectivity index (χ4n) is 3.83. The molecule has 0 radical (unpaired) electrons. The lowest BCUT2D eigenvalue weighted by atomic mass is 10.2. The largest absolute Gasteiger partial charge is 0.489 e. The Morgan fingerprint density at radius 1 is 1.10 bits per heavy atom. The van der Waals surface area contributed by atoms with Crippen LogP contribution >= 0.6 is 0 Å². The first-order valence-corrected chi connectivity index (χ1v) is 10.8. The molecule has 0 saturated heterocycles. The molecule has 1 aliphatic rings. The van der Waals surface area contributed by atoms with Gasteiger partial charge in [-0.25, -0.2) is 9.18 Å². The van der Waals surface area contributed by atoms with E-state index in [0.29, 0.717) is 31.5 Å². The number of nitrogens with zero attached hydrogens (tertiary/aromatic N) is 2. The number of amides is 2. The van der Waals surface area contributed by atoms with Crippen molar-refractivity contribution >= 4 is 17.4 Å². The second kappa shape index (κ2) is 10.3. The number of rotatable bonds is 8. The molecular weight excluding hydrogens is 381 g/mol. The van der Waals surface area contributed by atoms with E-state index in [9.17, 15) is 9.18 Å². The summed E-state index contributed by atoms with van der Waals surface area (Å²) in [4.78, 5) is 15.9. The Labute approximate surface area is 178 Å². The Hall–Kier alpha value is -2.76. The van der Waals surface area contributed by atoms with E-state index in [1.54, 1.807) is 16.8 Å². The van der Waals surface area contributed by atoms with Crippen molar-refractivity contribution in [2.45, 2.75) is 52.2 Å². The number of hydrogen-bond donors (Lipinski definition) is 1. The van der Waals surface area contributed by atoms with Crippen molar-refractivity contribution in [3.05, 3.63) is 53.8 Å². The van der Waals surface area contributed by atoms with Gasteiger partial charge in [0.2, 0.25) is 0 Å². The van der Waals surface area contributed by atoms with Crippen molar-refractivity contribution in [3.63, 3.8) is 0 Å². The molecule has 6 heteroatoms. The molecule has 2 amide bonds. The van der Waals surface area contributed by atoms with Gasteiger partial charge in [-0.2, -0.15) is 0 Å². The highest BCUT2D eigenvalue weighted by atomic mass is 19.1. The van der Waals surface area contributed by atoms with Crippen LogP contribution in [-0.4, -0.2) is 37.1 Å². The summed E-state index contributed by atoms with van der Waals surface area (Å²) in [6.45, 7) is 5.63. The maximum absolute atomic E-state index is 14.0. The minimum absolute atomic E-state index is 0.0222. The van der Waals surface area contributed by atoms with Crippen LogP contribution in [0.5, 0.6) is 5.75 Å². The van der Waals surface area contributed by atoms with E-state index in [4.69, 9.17) is 4.74 Å². The molecule has 1 N–H and O–H groups in total. The van der Waals surface area contributed by atoms with Gasteiger partial charge < -0.3 is 15.0 Å². The first kappa shape index (κ1) is 21.9. The molecule has 0 bridgehead atoms. The molecule has 2 aromatic rings. The first-order chi connectivity index (χ1) is 14.5. The molecule has 162 valence electrons. The second-order valence-electron chi connectivity index (χ2n) is 7.77. The lowest BCUT2D eigenvalue weighted by Crippen LogP contribution is -2.41. The molecule has 0 aliphatic heterocycles. The molecule has 0 atom stereocenters. The maximum atomic E-state index is 14.0. The number of ether oxygens (including phenoxy) is 1. The second-order valence-corrected chi connectivity index (χ2v) is 7.77. The quantitative estimate of drug-likeness (QED) is 0.608. The summed E-state index contributed by atoms with van der Waals surface area (Å²) in [6, 6.07) is 12.8. The van der Waals surface area contributed by atoms with Crippen LogP contribution in [0, 0.1) is 5.82 Å². The fourth-order valence-corrected chi connectivity index (χ4v) is 3.83. The Morgan fingerprint density at radius 3 is 2.40 bits per heavy atom. The van der Waals surface area contributed by atoms with Gasteiger partial charge >= 0.3 is 6.03 Å². The molecule has 1 fully saturated rings. The van der Waals surface area contributed by atoms with Crippen LogP contribution in [0.4, 0.5) is 20.6 Å². The summed E-state index contributed by atoms with van der Waals surface area (Å²) in [5.74, 6) is 0.202. The van der Waals surface area contributed by atoms with Crippen LogP contribution in [0.1, 0.15) is 45.1 Å². The van der Waals surface area contributed by atoms with Gasteiger partial charge in [-0.05, 0) is 50.5 Å². The Kier molecular flexibility index (Phi) is 7.55. The molecule has 3 rings (SSSR count). The van der Waals surface area contributed by atoms with E-state index in [0.717, 1.165) is 29.8 Å². The summed E-state index contributed by atoms with van der Waals surface area (Å²) in [7, 11) is 1.78. The molecule has 1 aliphatic carbocycles. The van der Waals surface area contributed by atoms with Crippen molar-refractivity contribution in [1.82, 2.24) is 4.90 Å². The molecule has 0 heterocycles. The van der Waals surface area contributed by atoms with Crippen LogP contribution in [0.3, 0.4) is 0 Å². The van der Waals surface area contributed by atoms with E-state index >= 15 is 0 Å². The van der Waals surface area contributed by atoms with Crippen LogP contribution in [0.15, 0.2) is 42.5 Å². The van der Waals surface area contributed by atoms with Crippen LogP contribution < -0.4 is 15.0 Å². The Bertz CT molecular complexity index is 831. The number of carbonyl (C=O) groups excluding carboxylic acids is 1. The summed E-state index contributed by atoms with van der Waals surface area (Å²) in [5, 5.41) is 3.41. The average Bonchev–Trinajstić information content (AvgIpc) is 3.25. The number of halogens is 1. The number of benzene rings is 2. The lowest BCUT2D eigenvalue weighted by molar-refractivity contribution is 0.211. The number of hydrogen-bond acceptors (Lipinski definition) is 3. The smallest absolute Gasteiger partial charge is 0.324 e. The van der Waals surface area contributed by atoms with E-state index in [1.807, 2.05) is 44.2 Å². The fraction of sp³-hybridized carbons (Fsp3) is 0.458. The third-order valence-electron chi connectivity index (χ3n) is 5.65. The molecule has 1 saturated carbocycles. The van der Waals surface area contributed by atoms with Gasteiger partial charge in [-0.1, -0.05) is 25.0 Å². The van der Waals surface area contributed by atoms with Crippen molar-refractivity contribution in [2.24, 2.45) is 0 Å². The van der Waals surface area contributed by atoms with Crippen molar-refractivity contribution in [3.8, 4) is 5.75 Å². The normalized spacial score (nSPS) is 13.9. The average molecular weight is 414 g/mol. The predicted octanol–water partition coefficient (Wildman–Crippen LogP) is 5.66. The molecule has 0 unspecified atom stereocenters. The lowest BCUT2D eigenvalue weighted by Gasteiger charge is -2.26. The van der Waals surface area contributed by atoms with Gasteiger partial charge in [0.15, 0.2) is 0 Å². The minimum Gasteiger partial charge on any atom is -0.489 e. The Balaban J connectivity index is 1.59. The maximum Gasteiger partial charge on any atom is 0.324 e. The topological polar surface area (TPSA) is 44.8 Å². The van der Waals surface area contributed by atoms with Crippen molar-refractivity contribution in [2.75, 3.05) is 30.4 Å².